The number of amides is 1. The number of nitriles is 1. The van der Waals surface area contributed by atoms with Crippen molar-refractivity contribution < 1.29 is 18.7 Å². The first-order chi connectivity index (χ1) is 15.0. The monoisotopic (exact) mass is 417 g/mol. The predicted molar refractivity (Wildman–Crippen MR) is 116 cm³/mol. The lowest BCUT2D eigenvalue weighted by atomic mass is 10.1. The van der Waals surface area contributed by atoms with E-state index in [9.17, 15) is 14.9 Å². The van der Waals surface area contributed by atoms with E-state index in [1.54, 1.807) is 62.6 Å². The van der Waals surface area contributed by atoms with E-state index in [1.165, 1.54) is 13.2 Å². The number of carbonyl (C=O) groups excluding carboxylic acids is 1. The standard InChI is InChI=1S/C23H19N3O5/c1-14(19-12-16-5-4-6-20(30-3)21(16)31-23(19)28)25-26-22(27)17(13-24)11-15-7-9-18(29-2)10-8-15/h4-12H,1-3H3,(H,26,27)/b17-11+,25-14+. The first-order valence-electron chi connectivity index (χ1n) is 9.18. The van der Waals surface area contributed by atoms with Gasteiger partial charge in [-0.05, 0) is 42.8 Å². The Morgan fingerprint density at radius 1 is 1.16 bits per heavy atom. The van der Waals surface area contributed by atoms with E-state index in [4.69, 9.17) is 13.9 Å². The van der Waals surface area contributed by atoms with Gasteiger partial charge in [-0.25, -0.2) is 10.2 Å². The van der Waals surface area contributed by atoms with Crippen LogP contribution in [0.4, 0.5) is 0 Å². The number of benzene rings is 2. The average Bonchev–Trinajstić information content (AvgIpc) is 2.80. The normalized spacial score (nSPS) is 11.7. The molecule has 2 aromatic carbocycles. The smallest absolute Gasteiger partial charge is 0.345 e. The van der Waals surface area contributed by atoms with Gasteiger partial charge in [-0.15, -0.1) is 0 Å². The molecule has 0 saturated carbocycles. The number of nitrogens with one attached hydrogen (secondary N) is 1. The second-order valence-corrected chi connectivity index (χ2v) is 6.41. The van der Waals surface area contributed by atoms with Crippen LogP contribution in [-0.2, 0) is 4.79 Å². The number of hydrogen-bond donors (Lipinski definition) is 1. The van der Waals surface area contributed by atoms with Gasteiger partial charge >= 0.3 is 5.63 Å². The van der Waals surface area contributed by atoms with Gasteiger partial charge in [-0.3, -0.25) is 4.79 Å². The molecule has 1 N–H and O–H groups in total. The Balaban J connectivity index is 1.84. The maximum absolute atomic E-state index is 12.4. The Kier molecular flexibility index (Phi) is 6.48. The number of hydrazone groups is 1. The van der Waals surface area contributed by atoms with Crippen LogP contribution in [0, 0.1) is 11.3 Å². The number of fused-ring (bicyclic) bond motifs is 1. The van der Waals surface area contributed by atoms with Crippen LogP contribution in [0.2, 0.25) is 0 Å². The number of ether oxygens (including phenoxy) is 2. The summed E-state index contributed by atoms with van der Waals surface area (Å²) in [6.07, 6.45) is 1.43. The van der Waals surface area contributed by atoms with Crippen molar-refractivity contribution in [3.05, 3.63) is 75.7 Å². The van der Waals surface area contributed by atoms with Crippen molar-refractivity contribution in [1.82, 2.24) is 5.43 Å². The zero-order valence-corrected chi connectivity index (χ0v) is 17.1. The highest BCUT2D eigenvalue weighted by molar-refractivity contribution is 6.04. The summed E-state index contributed by atoms with van der Waals surface area (Å²) in [5.41, 5.74) is 2.92. The Labute approximate surface area is 178 Å². The van der Waals surface area contributed by atoms with E-state index in [0.717, 1.165) is 0 Å². The van der Waals surface area contributed by atoms with Gasteiger partial charge in [0.15, 0.2) is 11.3 Å². The van der Waals surface area contributed by atoms with Gasteiger partial charge < -0.3 is 13.9 Å². The van der Waals surface area contributed by atoms with Crippen LogP contribution >= 0.6 is 0 Å². The highest BCUT2D eigenvalue weighted by atomic mass is 16.5. The number of rotatable bonds is 6. The van der Waals surface area contributed by atoms with Gasteiger partial charge in [-0.1, -0.05) is 24.3 Å². The molecule has 3 aromatic rings. The molecular weight excluding hydrogens is 398 g/mol. The van der Waals surface area contributed by atoms with E-state index in [-0.39, 0.29) is 16.8 Å². The molecule has 1 heterocycles. The lowest BCUT2D eigenvalue weighted by Gasteiger charge is -2.06. The third-order valence-electron chi connectivity index (χ3n) is 4.45. The Morgan fingerprint density at radius 2 is 1.90 bits per heavy atom. The maximum Gasteiger partial charge on any atom is 0.345 e. The third kappa shape index (κ3) is 4.79. The first-order valence-corrected chi connectivity index (χ1v) is 9.18. The van der Waals surface area contributed by atoms with Crippen LogP contribution in [0.15, 0.2) is 68.4 Å². The third-order valence-corrected chi connectivity index (χ3v) is 4.45. The molecule has 156 valence electrons. The van der Waals surface area contributed by atoms with Crippen molar-refractivity contribution in [3.8, 4) is 17.6 Å². The zero-order valence-electron chi connectivity index (χ0n) is 17.1. The van der Waals surface area contributed by atoms with Crippen molar-refractivity contribution in [2.75, 3.05) is 14.2 Å². The Hall–Kier alpha value is -4.38. The van der Waals surface area contributed by atoms with E-state index in [2.05, 4.69) is 10.5 Å². The molecule has 8 heteroatoms. The zero-order chi connectivity index (χ0) is 22.4. The van der Waals surface area contributed by atoms with Gasteiger partial charge in [0, 0.05) is 5.39 Å². The second-order valence-electron chi connectivity index (χ2n) is 6.41. The van der Waals surface area contributed by atoms with Crippen molar-refractivity contribution >= 4 is 28.7 Å². The van der Waals surface area contributed by atoms with Crippen molar-refractivity contribution in [2.45, 2.75) is 6.92 Å². The quantitative estimate of drug-likeness (QED) is 0.216. The molecule has 0 radical (unpaired) electrons. The average molecular weight is 417 g/mol. The summed E-state index contributed by atoms with van der Waals surface area (Å²) in [5, 5.41) is 13.9. The first kappa shape index (κ1) is 21.3. The summed E-state index contributed by atoms with van der Waals surface area (Å²) < 4.78 is 15.6. The number of para-hydroxylation sites is 1. The fourth-order valence-corrected chi connectivity index (χ4v) is 2.80. The minimum Gasteiger partial charge on any atom is -0.497 e. The SMILES string of the molecule is COc1ccc(/C=C(\C#N)C(=O)N/N=C(\C)c2cc3cccc(OC)c3oc2=O)cc1. The van der Waals surface area contributed by atoms with E-state index >= 15 is 0 Å². The molecule has 3 rings (SSSR count). The summed E-state index contributed by atoms with van der Waals surface area (Å²) >= 11 is 0. The number of methoxy groups -OCH3 is 2. The summed E-state index contributed by atoms with van der Waals surface area (Å²) in [6.45, 7) is 1.55. The molecular formula is C23H19N3O5. The van der Waals surface area contributed by atoms with Crippen LogP contribution in [0.25, 0.3) is 17.0 Å². The Morgan fingerprint density at radius 3 is 2.55 bits per heavy atom. The largest absolute Gasteiger partial charge is 0.497 e. The van der Waals surface area contributed by atoms with E-state index in [0.29, 0.717) is 28.0 Å². The molecule has 1 amide bonds. The van der Waals surface area contributed by atoms with Gasteiger partial charge in [0.05, 0.1) is 25.5 Å². The molecule has 0 unspecified atom stereocenters. The topological polar surface area (TPSA) is 114 Å². The summed E-state index contributed by atoms with van der Waals surface area (Å²) in [5.74, 6) is 0.392. The van der Waals surface area contributed by atoms with Crippen LogP contribution < -0.4 is 20.5 Å². The minimum atomic E-state index is -0.704. The van der Waals surface area contributed by atoms with E-state index in [1.807, 2.05) is 6.07 Å². The molecule has 0 spiro atoms. The molecule has 0 aliphatic heterocycles. The van der Waals surface area contributed by atoms with Crippen LogP contribution in [0.3, 0.4) is 0 Å². The number of nitrogens with zero attached hydrogens (tertiary/aromatic N) is 2. The Bertz CT molecular complexity index is 1280. The number of carbonyl (C=O) groups is 1. The minimum absolute atomic E-state index is 0.142. The predicted octanol–water partition coefficient (Wildman–Crippen LogP) is 3.26. The highest BCUT2D eigenvalue weighted by Gasteiger charge is 2.13. The fourth-order valence-electron chi connectivity index (χ4n) is 2.80. The van der Waals surface area contributed by atoms with Gasteiger partial charge in [0.1, 0.15) is 17.4 Å². The molecule has 8 nitrogen and oxygen atoms in total. The van der Waals surface area contributed by atoms with Crippen molar-refractivity contribution in [1.29, 1.82) is 5.26 Å². The molecule has 0 atom stereocenters. The van der Waals surface area contributed by atoms with Crippen LogP contribution in [-0.4, -0.2) is 25.8 Å². The van der Waals surface area contributed by atoms with E-state index < -0.39 is 11.5 Å². The van der Waals surface area contributed by atoms with Gasteiger partial charge in [-0.2, -0.15) is 10.4 Å². The second kappa shape index (κ2) is 9.41. The molecule has 0 bridgehead atoms. The number of hydrogen-bond acceptors (Lipinski definition) is 7. The van der Waals surface area contributed by atoms with Gasteiger partial charge in [0.25, 0.3) is 5.91 Å². The van der Waals surface area contributed by atoms with Crippen molar-refractivity contribution in [3.63, 3.8) is 0 Å². The molecule has 0 aliphatic rings. The lowest BCUT2D eigenvalue weighted by Crippen LogP contribution is -2.22. The van der Waals surface area contributed by atoms with Crippen molar-refractivity contribution in [2.24, 2.45) is 5.10 Å². The van der Waals surface area contributed by atoms with Crippen LogP contribution in [0.5, 0.6) is 11.5 Å². The molecule has 0 saturated heterocycles. The summed E-state index contributed by atoms with van der Waals surface area (Å²) in [4.78, 5) is 24.7. The summed E-state index contributed by atoms with van der Waals surface area (Å²) in [7, 11) is 3.03. The lowest BCUT2D eigenvalue weighted by molar-refractivity contribution is -0.117. The molecule has 1 aromatic heterocycles. The highest BCUT2D eigenvalue weighted by Crippen LogP contribution is 2.24. The van der Waals surface area contributed by atoms with Gasteiger partial charge in [0.2, 0.25) is 0 Å². The molecule has 0 aliphatic carbocycles. The van der Waals surface area contributed by atoms with Crippen LogP contribution in [0.1, 0.15) is 18.1 Å². The summed E-state index contributed by atoms with van der Waals surface area (Å²) in [6, 6.07) is 15.5. The maximum atomic E-state index is 12.4. The molecule has 0 fully saturated rings. The fraction of sp³-hybridized carbons (Fsp3) is 0.130. The molecule has 31 heavy (non-hydrogen) atoms.